The molecule has 1 rings (SSSR count). The zero-order valence-corrected chi connectivity index (χ0v) is 11.8. The first-order valence-corrected chi connectivity index (χ1v) is 7.89. The molecule has 18 heavy (non-hydrogen) atoms. The number of hydrogen-bond donors (Lipinski definition) is 1. The standard InChI is InChI=1S/C11H22N2O4S/c1-3-17-11(14)6-8-18(15,16)13(2)9-10-5-4-7-12-10/h10,12H,3-9H2,1-2H3. The molecular formula is C11H22N2O4S. The molecule has 1 saturated heterocycles. The fourth-order valence-corrected chi connectivity index (χ4v) is 3.08. The maximum Gasteiger partial charge on any atom is 0.306 e. The molecule has 106 valence electrons. The number of carbonyl (C=O) groups is 1. The summed E-state index contributed by atoms with van der Waals surface area (Å²) >= 11 is 0. The average molecular weight is 278 g/mol. The number of ether oxygens (including phenoxy) is 1. The van der Waals surface area contributed by atoms with Gasteiger partial charge in [0.1, 0.15) is 0 Å². The van der Waals surface area contributed by atoms with Crippen LogP contribution in [0.1, 0.15) is 26.2 Å². The number of carbonyl (C=O) groups excluding carboxylic acids is 1. The lowest BCUT2D eigenvalue weighted by Crippen LogP contribution is -2.39. The zero-order chi connectivity index (χ0) is 13.6. The predicted molar refractivity (Wildman–Crippen MR) is 68.7 cm³/mol. The lowest BCUT2D eigenvalue weighted by atomic mass is 10.2. The van der Waals surface area contributed by atoms with Crippen molar-refractivity contribution in [3.05, 3.63) is 0 Å². The first-order chi connectivity index (χ1) is 8.45. The van der Waals surface area contributed by atoms with Crippen molar-refractivity contribution in [3.8, 4) is 0 Å². The van der Waals surface area contributed by atoms with Crippen molar-refractivity contribution in [2.75, 3.05) is 32.5 Å². The van der Waals surface area contributed by atoms with E-state index in [0.29, 0.717) is 6.54 Å². The van der Waals surface area contributed by atoms with Crippen LogP contribution in [0.4, 0.5) is 0 Å². The Bertz CT molecular complexity index is 363. The largest absolute Gasteiger partial charge is 0.466 e. The Kier molecular flexibility index (Phi) is 6.04. The minimum Gasteiger partial charge on any atom is -0.466 e. The fourth-order valence-electron chi connectivity index (χ4n) is 1.94. The first kappa shape index (κ1) is 15.4. The Labute approximate surface area is 109 Å². The number of likely N-dealkylation sites (N-methyl/N-ethyl adjacent to an activating group) is 1. The summed E-state index contributed by atoms with van der Waals surface area (Å²) in [7, 11) is -1.81. The molecule has 0 aromatic rings. The summed E-state index contributed by atoms with van der Waals surface area (Å²) in [6.45, 7) is 3.39. The molecule has 0 aromatic heterocycles. The van der Waals surface area contributed by atoms with E-state index in [2.05, 4.69) is 5.32 Å². The van der Waals surface area contributed by atoms with Gasteiger partial charge in [-0.05, 0) is 26.3 Å². The van der Waals surface area contributed by atoms with Crippen LogP contribution in [0, 0.1) is 0 Å². The topological polar surface area (TPSA) is 75.7 Å². The number of sulfonamides is 1. The monoisotopic (exact) mass is 278 g/mol. The average Bonchev–Trinajstić information content (AvgIpc) is 2.80. The minimum atomic E-state index is -3.37. The molecule has 0 aliphatic carbocycles. The van der Waals surface area contributed by atoms with E-state index in [0.717, 1.165) is 19.4 Å². The zero-order valence-electron chi connectivity index (χ0n) is 11.0. The maximum atomic E-state index is 11.9. The molecule has 7 heteroatoms. The molecule has 1 fully saturated rings. The van der Waals surface area contributed by atoms with E-state index in [1.165, 1.54) is 4.31 Å². The molecule has 0 spiro atoms. The van der Waals surface area contributed by atoms with Gasteiger partial charge in [-0.3, -0.25) is 4.79 Å². The van der Waals surface area contributed by atoms with Crippen LogP contribution in [0.2, 0.25) is 0 Å². The van der Waals surface area contributed by atoms with E-state index in [9.17, 15) is 13.2 Å². The van der Waals surface area contributed by atoms with Gasteiger partial charge in [-0.2, -0.15) is 0 Å². The highest BCUT2D eigenvalue weighted by atomic mass is 32.2. The van der Waals surface area contributed by atoms with Crippen molar-refractivity contribution in [2.24, 2.45) is 0 Å². The van der Waals surface area contributed by atoms with E-state index in [1.807, 2.05) is 0 Å². The van der Waals surface area contributed by atoms with Gasteiger partial charge < -0.3 is 10.1 Å². The molecule has 1 heterocycles. The molecule has 1 unspecified atom stereocenters. The molecule has 1 aliphatic rings. The normalized spacial score (nSPS) is 20.3. The number of nitrogens with zero attached hydrogens (tertiary/aromatic N) is 1. The van der Waals surface area contributed by atoms with Gasteiger partial charge in [-0.25, -0.2) is 12.7 Å². The molecule has 0 saturated carbocycles. The van der Waals surface area contributed by atoms with Gasteiger partial charge in [0.05, 0.1) is 18.8 Å². The van der Waals surface area contributed by atoms with E-state index in [4.69, 9.17) is 4.74 Å². The second-order valence-electron chi connectivity index (χ2n) is 4.44. The van der Waals surface area contributed by atoms with E-state index < -0.39 is 16.0 Å². The van der Waals surface area contributed by atoms with Crippen LogP contribution in [0.25, 0.3) is 0 Å². The van der Waals surface area contributed by atoms with Crippen LogP contribution in [0.15, 0.2) is 0 Å². The molecule has 6 nitrogen and oxygen atoms in total. The molecule has 0 aromatic carbocycles. The van der Waals surface area contributed by atoms with Crippen LogP contribution in [0.5, 0.6) is 0 Å². The highest BCUT2D eigenvalue weighted by Crippen LogP contribution is 2.09. The Morgan fingerprint density at radius 3 is 2.78 bits per heavy atom. The van der Waals surface area contributed by atoms with Crippen molar-refractivity contribution < 1.29 is 17.9 Å². The van der Waals surface area contributed by atoms with Gasteiger partial charge in [-0.1, -0.05) is 0 Å². The Morgan fingerprint density at radius 1 is 1.50 bits per heavy atom. The van der Waals surface area contributed by atoms with Crippen molar-refractivity contribution in [1.29, 1.82) is 0 Å². The quantitative estimate of drug-likeness (QED) is 0.661. The van der Waals surface area contributed by atoms with Gasteiger partial charge in [0.25, 0.3) is 0 Å². The summed E-state index contributed by atoms with van der Waals surface area (Å²) in [5.41, 5.74) is 0. The summed E-state index contributed by atoms with van der Waals surface area (Å²) in [6.07, 6.45) is 2.00. The molecule has 0 amide bonds. The van der Waals surface area contributed by atoms with Gasteiger partial charge in [0.15, 0.2) is 0 Å². The maximum absolute atomic E-state index is 11.9. The predicted octanol–water partition coefficient (Wildman–Crippen LogP) is -0.0468. The molecule has 1 atom stereocenters. The van der Waals surface area contributed by atoms with Crippen molar-refractivity contribution in [1.82, 2.24) is 9.62 Å². The van der Waals surface area contributed by atoms with Crippen molar-refractivity contribution >= 4 is 16.0 Å². The number of esters is 1. The molecule has 1 N–H and O–H groups in total. The van der Waals surface area contributed by atoms with Crippen LogP contribution in [-0.2, 0) is 19.6 Å². The summed E-state index contributed by atoms with van der Waals surface area (Å²) in [5.74, 6) is -0.650. The minimum absolute atomic E-state index is 0.0847. The summed E-state index contributed by atoms with van der Waals surface area (Å²) in [5, 5.41) is 3.25. The third-order valence-corrected chi connectivity index (χ3v) is 4.80. The smallest absolute Gasteiger partial charge is 0.306 e. The highest BCUT2D eigenvalue weighted by Gasteiger charge is 2.24. The number of nitrogens with one attached hydrogen (secondary N) is 1. The van der Waals surface area contributed by atoms with Crippen molar-refractivity contribution in [2.45, 2.75) is 32.2 Å². The van der Waals surface area contributed by atoms with E-state index in [1.54, 1.807) is 14.0 Å². The number of hydrogen-bond acceptors (Lipinski definition) is 5. The molecular weight excluding hydrogens is 256 g/mol. The lowest BCUT2D eigenvalue weighted by molar-refractivity contribution is -0.142. The second-order valence-corrected chi connectivity index (χ2v) is 6.64. The second kappa shape index (κ2) is 7.06. The summed E-state index contributed by atoms with van der Waals surface area (Å²) < 4.78 is 29.9. The van der Waals surface area contributed by atoms with Crippen LogP contribution in [0.3, 0.4) is 0 Å². The Balaban J connectivity index is 2.39. The lowest BCUT2D eigenvalue weighted by Gasteiger charge is -2.20. The van der Waals surface area contributed by atoms with Gasteiger partial charge in [0, 0.05) is 19.6 Å². The molecule has 1 aliphatic heterocycles. The number of rotatable bonds is 7. The van der Waals surface area contributed by atoms with E-state index >= 15 is 0 Å². The molecule has 0 radical (unpaired) electrons. The highest BCUT2D eigenvalue weighted by molar-refractivity contribution is 7.89. The van der Waals surface area contributed by atoms with Gasteiger partial charge in [-0.15, -0.1) is 0 Å². The fraction of sp³-hybridized carbons (Fsp3) is 0.909. The van der Waals surface area contributed by atoms with Crippen LogP contribution < -0.4 is 5.32 Å². The molecule has 0 bridgehead atoms. The van der Waals surface area contributed by atoms with E-state index in [-0.39, 0.29) is 24.8 Å². The van der Waals surface area contributed by atoms with Crippen molar-refractivity contribution in [3.63, 3.8) is 0 Å². The van der Waals surface area contributed by atoms with Gasteiger partial charge in [0.2, 0.25) is 10.0 Å². The van der Waals surface area contributed by atoms with Gasteiger partial charge >= 0.3 is 5.97 Å². The third kappa shape index (κ3) is 4.91. The Morgan fingerprint density at radius 2 is 2.22 bits per heavy atom. The Hall–Kier alpha value is -0.660. The van der Waals surface area contributed by atoms with Crippen LogP contribution >= 0.6 is 0 Å². The summed E-state index contributed by atoms with van der Waals surface area (Å²) in [4.78, 5) is 11.1. The summed E-state index contributed by atoms with van der Waals surface area (Å²) in [6, 6.07) is 0.229. The third-order valence-electron chi connectivity index (χ3n) is 2.98. The SMILES string of the molecule is CCOC(=O)CCS(=O)(=O)N(C)CC1CCCN1. The first-order valence-electron chi connectivity index (χ1n) is 6.28. The van der Waals surface area contributed by atoms with Crippen LogP contribution in [-0.4, -0.2) is 57.2 Å².